The molecule has 7 N–H and O–H groups in total. The molecular weight excluding hydrogens is 598 g/mol. The van der Waals surface area contributed by atoms with Crippen LogP contribution in [-0.4, -0.2) is 96.7 Å². The molecule has 0 saturated carbocycles. The van der Waals surface area contributed by atoms with E-state index >= 15 is 0 Å². The number of anilines is 1. The highest BCUT2D eigenvalue weighted by Crippen LogP contribution is 2.13. The minimum absolute atomic E-state index is 0.0430. The van der Waals surface area contributed by atoms with Crippen molar-refractivity contribution in [2.45, 2.75) is 84.4 Å². The number of carbonyl (C=O) groups is 6. The molecule has 0 spiro atoms. The van der Waals surface area contributed by atoms with Gasteiger partial charge < -0.3 is 46.6 Å². The van der Waals surface area contributed by atoms with Crippen molar-refractivity contribution < 1.29 is 38.6 Å². The number of nitrogens with two attached hydrogens (primary N) is 1. The SMILES string of the molecule is CCCCCCC(=O)NC(C(=O)N[C@@H](CCCNC(N)=O)C(=O)Nc1ccc(COC(=O)N(C)CCN(C)C(=O)O)cc1)C(C)C. The molecule has 0 fully saturated rings. The van der Waals surface area contributed by atoms with Gasteiger partial charge in [0.2, 0.25) is 17.7 Å². The van der Waals surface area contributed by atoms with Gasteiger partial charge in [0.05, 0.1) is 0 Å². The Balaban J connectivity index is 2.82. The Hall–Kier alpha value is -4.56. The van der Waals surface area contributed by atoms with Crippen LogP contribution in [0.1, 0.15) is 71.3 Å². The lowest BCUT2D eigenvalue weighted by Crippen LogP contribution is -2.54. The number of hydrogen-bond acceptors (Lipinski definition) is 7. The molecule has 1 unspecified atom stereocenters. The van der Waals surface area contributed by atoms with Gasteiger partial charge in [-0.2, -0.15) is 0 Å². The quantitative estimate of drug-likeness (QED) is 0.115. The summed E-state index contributed by atoms with van der Waals surface area (Å²) in [5.74, 6) is -1.43. The summed E-state index contributed by atoms with van der Waals surface area (Å²) in [5.41, 5.74) is 6.21. The summed E-state index contributed by atoms with van der Waals surface area (Å²) in [6, 6.07) is 4.06. The van der Waals surface area contributed by atoms with Crippen LogP contribution in [0.25, 0.3) is 0 Å². The normalized spacial score (nSPS) is 12.0. The summed E-state index contributed by atoms with van der Waals surface area (Å²) >= 11 is 0. The maximum atomic E-state index is 13.3. The molecule has 0 heterocycles. The molecule has 15 heteroatoms. The third-order valence-corrected chi connectivity index (χ3v) is 7.12. The zero-order valence-corrected chi connectivity index (χ0v) is 27.6. The summed E-state index contributed by atoms with van der Waals surface area (Å²) in [4.78, 5) is 75.6. The number of amides is 7. The molecule has 0 aliphatic carbocycles. The van der Waals surface area contributed by atoms with Crippen molar-refractivity contribution in [3.8, 4) is 0 Å². The number of rotatable bonds is 20. The van der Waals surface area contributed by atoms with Crippen LogP contribution in [0.2, 0.25) is 0 Å². The average molecular weight is 650 g/mol. The zero-order valence-electron chi connectivity index (χ0n) is 27.6. The first kappa shape index (κ1) is 39.5. The van der Waals surface area contributed by atoms with Crippen molar-refractivity contribution in [2.75, 3.05) is 39.0 Å². The van der Waals surface area contributed by atoms with E-state index in [4.69, 9.17) is 15.6 Å². The first-order valence-corrected chi connectivity index (χ1v) is 15.6. The third kappa shape index (κ3) is 16.0. The number of unbranched alkanes of at least 4 members (excludes halogenated alkanes) is 3. The minimum Gasteiger partial charge on any atom is -0.465 e. The van der Waals surface area contributed by atoms with E-state index in [2.05, 4.69) is 28.2 Å². The number of carboxylic acid groups (broad SMARTS) is 1. The lowest BCUT2D eigenvalue weighted by molar-refractivity contribution is -0.132. The molecule has 0 radical (unpaired) electrons. The van der Waals surface area contributed by atoms with Crippen LogP contribution < -0.4 is 27.0 Å². The highest BCUT2D eigenvalue weighted by atomic mass is 16.6. The summed E-state index contributed by atoms with van der Waals surface area (Å²) in [6.45, 7) is 6.15. The van der Waals surface area contributed by atoms with Crippen LogP contribution in [0.5, 0.6) is 0 Å². The number of urea groups is 1. The average Bonchev–Trinajstić information content (AvgIpc) is 3.00. The molecule has 0 saturated heterocycles. The largest absolute Gasteiger partial charge is 0.465 e. The number of nitrogens with zero attached hydrogens (tertiary/aromatic N) is 2. The van der Waals surface area contributed by atoms with Gasteiger partial charge in [-0.25, -0.2) is 14.4 Å². The summed E-state index contributed by atoms with van der Waals surface area (Å²) in [7, 11) is 2.90. The number of nitrogens with one attached hydrogen (secondary N) is 4. The second-order valence-corrected chi connectivity index (χ2v) is 11.5. The maximum Gasteiger partial charge on any atom is 0.409 e. The van der Waals surface area contributed by atoms with Crippen molar-refractivity contribution in [2.24, 2.45) is 11.7 Å². The van der Waals surface area contributed by atoms with E-state index in [1.807, 2.05) is 13.8 Å². The molecule has 2 atom stereocenters. The van der Waals surface area contributed by atoms with Gasteiger partial charge in [-0.15, -0.1) is 0 Å². The third-order valence-electron chi connectivity index (χ3n) is 7.12. The molecule has 0 aliphatic heterocycles. The number of primary amides is 1. The Kier molecular flexibility index (Phi) is 18.2. The Bertz CT molecular complexity index is 1150. The first-order valence-electron chi connectivity index (χ1n) is 15.6. The fraction of sp³-hybridized carbons (Fsp3) is 0.613. The standard InChI is InChI=1S/C31H51N7O8/c1-6-7-8-9-12-25(39)36-26(21(2)3)28(41)35-24(11-10-17-33-29(32)42)27(40)34-23-15-13-22(14-16-23)20-46-31(45)38(5)19-18-37(4)30(43)44/h13-16,21,24,26H,6-12,17-20H2,1-5H3,(H,34,40)(H,35,41)(H,36,39)(H,43,44)(H3,32,33,42)/t24-,26?/m0/s1. The van der Waals surface area contributed by atoms with Gasteiger partial charge >= 0.3 is 18.2 Å². The van der Waals surface area contributed by atoms with Crippen LogP contribution in [0.3, 0.4) is 0 Å². The van der Waals surface area contributed by atoms with Crippen molar-refractivity contribution >= 4 is 41.6 Å². The van der Waals surface area contributed by atoms with Gasteiger partial charge in [0.15, 0.2) is 0 Å². The van der Waals surface area contributed by atoms with Gasteiger partial charge in [-0.3, -0.25) is 14.4 Å². The van der Waals surface area contributed by atoms with Crippen molar-refractivity contribution in [3.05, 3.63) is 29.8 Å². The highest BCUT2D eigenvalue weighted by Gasteiger charge is 2.28. The fourth-order valence-corrected chi connectivity index (χ4v) is 4.20. The smallest absolute Gasteiger partial charge is 0.409 e. The van der Waals surface area contributed by atoms with Crippen LogP contribution >= 0.6 is 0 Å². The Morgan fingerprint density at radius 3 is 2.13 bits per heavy atom. The van der Waals surface area contributed by atoms with Crippen LogP contribution in [0, 0.1) is 5.92 Å². The maximum absolute atomic E-state index is 13.3. The van der Waals surface area contributed by atoms with Crippen LogP contribution in [-0.2, 0) is 25.7 Å². The number of carbonyl (C=O) groups excluding carboxylic acids is 5. The van der Waals surface area contributed by atoms with Crippen LogP contribution in [0.4, 0.5) is 20.1 Å². The number of likely N-dealkylation sites (N-methyl/N-ethyl adjacent to an activating group) is 2. The number of ether oxygens (including phenoxy) is 1. The number of hydrogen-bond donors (Lipinski definition) is 6. The van der Waals surface area contributed by atoms with Gasteiger partial charge in [0.1, 0.15) is 18.7 Å². The van der Waals surface area contributed by atoms with Crippen molar-refractivity contribution in [1.29, 1.82) is 0 Å². The Labute approximate surface area is 270 Å². The Morgan fingerprint density at radius 1 is 0.891 bits per heavy atom. The Morgan fingerprint density at radius 2 is 1.54 bits per heavy atom. The molecule has 0 aliphatic rings. The van der Waals surface area contributed by atoms with Crippen LogP contribution in [0.15, 0.2) is 24.3 Å². The highest BCUT2D eigenvalue weighted by molar-refractivity contribution is 5.98. The molecule has 0 bridgehead atoms. The molecule has 46 heavy (non-hydrogen) atoms. The molecule has 1 aromatic rings. The minimum atomic E-state index is -1.10. The second-order valence-electron chi connectivity index (χ2n) is 11.5. The van der Waals surface area contributed by atoms with E-state index in [9.17, 15) is 28.8 Å². The topological polar surface area (TPSA) is 212 Å². The lowest BCUT2D eigenvalue weighted by Gasteiger charge is -2.25. The zero-order chi connectivity index (χ0) is 34.6. The summed E-state index contributed by atoms with van der Waals surface area (Å²) < 4.78 is 5.28. The van der Waals surface area contributed by atoms with Crippen molar-refractivity contribution in [1.82, 2.24) is 25.8 Å². The first-order chi connectivity index (χ1) is 21.7. The van der Waals surface area contributed by atoms with E-state index in [-0.39, 0.29) is 44.5 Å². The number of benzene rings is 1. The lowest BCUT2D eigenvalue weighted by atomic mass is 10.0. The second kappa shape index (κ2) is 21.2. The predicted octanol–water partition coefficient (Wildman–Crippen LogP) is 2.85. The van der Waals surface area contributed by atoms with E-state index in [0.29, 0.717) is 24.1 Å². The molecule has 1 rings (SSSR count). The van der Waals surface area contributed by atoms with E-state index < -0.39 is 42.1 Å². The summed E-state index contributed by atoms with van der Waals surface area (Å²) in [5, 5.41) is 19.7. The fourth-order valence-electron chi connectivity index (χ4n) is 4.20. The van der Waals surface area contributed by atoms with Gasteiger partial charge in [0.25, 0.3) is 0 Å². The van der Waals surface area contributed by atoms with E-state index in [1.54, 1.807) is 24.3 Å². The predicted molar refractivity (Wildman–Crippen MR) is 173 cm³/mol. The monoisotopic (exact) mass is 649 g/mol. The van der Waals surface area contributed by atoms with E-state index in [1.165, 1.54) is 19.0 Å². The molecule has 258 valence electrons. The molecule has 1 aromatic carbocycles. The van der Waals surface area contributed by atoms with Gasteiger partial charge in [-0.05, 0) is 42.9 Å². The van der Waals surface area contributed by atoms with Gasteiger partial charge in [0, 0.05) is 45.8 Å². The van der Waals surface area contributed by atoms with Crippen molar-refractivity contribution in [3.63, 3.8) is 0 Å². The molecule has 7 amide bonds. The molecule has 15 nitrogen and oxygen atoms in total. The molecular formula is C31H51N7O8. The van der Waals surface area contributed by atoms with E-state index in [0.717, 1.165) is 30.6 Å². The molecule has 0 aromatic heterocycles. The summed E-state index contributed by atoms with van der Waals surface area (Å²) in [6.07, 6.45) is 2.89. The van der Waals surface area contributed by atoms with Gasteiger partial charge in [-0.1, -0.05) is 52.2 Å².